The third kappa shape index (κ3) is 4.16. The van der Waals surface area contributed by atoms with Gasteiger partial charge in [-0.15, -0.1) is 0 Å². The predicted octanol–water partition coefficient (Wildman–Crippen LogP) is 4.87. The zero-order valence-electron chi connectivity index (χ0n) is 18.6. The highest BCUT2D eigenvalue weighted by Gasteiger charge is 2.28. The van der Waals surface area contributed by atoms with Gasteiger partial charge in [-0.2, -0.15) is 0 Å². The van der Waals surface area contributed by atoms with Crippen molar-refractivity contribution >= 4 is 28.6 Å². The van der Waals surface area contributed by atoms with Crippen LogP contribution in [0.5, 0.6) is 0 Å². The van der Waals surface area contributed by atoms with E-state index >= 15 is 0 Å². The molecular formula is C25H25FN6O. The minimum absolute atomic E-state index is 0.0645. The number of halogens is 1. The number of aryl methyl sites for hydroxylation is 2. The maximum Gasteiger partial charge on any atom is 0.270 e. The number of nitrogens with zero attached hydrogens (tertiary/aromatic N) is 4. The molecule has 0 spiro atoms. The minimum atomic E-state index is -0.310. The van der Waals surface area contributed by atoms with E-state index in [2.05, 4.69) is 20.3 Å². The predicted molar refractivity (Wildman–Crippen MR) is 125 cm³/mol. The monoisotopic (exact) mass is 444 g/mol. The molecule has 1 aliphatic rings. The summed E-state index contributed by atoms with van der Waals surface area (Å²) in [4.78, 5) is 31.8. The van der Waals surface area contributed by atoms with Gasteiger partial charge in [0, 0.05) is 42.3 Å². The third-order valence-electron chi connectivity index (χ3n) is 6.28. The second-order valence-electron chi connectivity index (χ2n) is 8.50. The first-order valence-electron chi connectivity index (χ1n) is 11.1. The molecule has 0 unspecified atom stereocenters. The fraction of sp³-hybridized carbons (Fsp3) is 0.280. The Morgan fingerprint density at radius 2 is 2.06 bits per heavy atom. The summed E-state index contributed by atoms with van der Waals surface area (Å²) < 4.78 is 13.7. The number of nitrogens with one attached hydrogen (secondary N) is 2. The van der Waals surface area contributed by atoms with Gasteiger partial charge in [-0.05, 0) is 68.1 Å². The Kier molecular flexibility index (Phi) is 5.50. The van der Waals surface area contributed by atoms with Crippen LogP contribution < -0.4 is 5.32 Å². The third-order valence-corrected chi connectivity index (χ3v) is 6.28. The number of H-pyrrole nitrogens is 1. The molecule has 1 saturated heterocycles. The lowest BCUT2D eigenvalue weighted by atomic mass is 9.94. The lowest BCUT2D eigenvalue weighted by Crippen LogP contribution is -2.39. The number of carbonyl (C=O) groups excluding carboxylic acids is 1. The fourth-order valence-corrected chi connectivity index (χ4v) is 4.46. The van der Waals surface area contributed by atoms with Crippen LogP contribution in [0.2, 0.25) is 0 Å². The van der Waals surface area contributed by atoms with Gasteiger partial charge in [0.1, 0.15) is 17.3 Å². The van der Waals surface area contributed by atoms with Crippen molar-refractivity contribution in [1.29, 1.82) is 0 Å². The van der Waals surface area contributed by atoms with Crippen LogP contribution in [0.3, 0.4) is 0 Å². The van der Waals surface area contributed by atoms with Crippen LogP contribution in [0.15, 0.2) is 48.8 Å². The van der Waals surface area contributed by atoms with Gasteiger partial charge in [0.2, 0.25) is 5.95 Å². The van der Waals surface area contributed by atoms with Gasteiger partial charge in [0.05, 0.1) is 5.69 Å². The number of amides is 1. The van der Waals surface area contributed by atoms with Gasteiger partial charge >= 0.3 is 0 Å². The van der Waals surface area contributed by atoms with Crippen molar-refractivity contribution in [2.24, 2.45) is 0 Å². The molecule has 4 aromatic rings. The van der Waals surface area contributed by atoms with Crippen molar-refractivity contribution in [2.75, 3.05) is 18.4 Å². The number of carbonyl (C=O) groups is 1. The zero-order chi connectivity index (χ0) is 22.9. The van der Waals surface area contributed by atoms with E-state index in [-0.39, 0.29) is 17.6 Å². The summed E-state index contributed by atoms with van der Waals surface area (Å²) in [6.07, 6.45) is 5.29. The molecule has 1 atom stereocenters. The molecule has 1 fully saturated rings. The number of rotatable bonds is 4. The lowest BCUT2D eigenvalue weighted by Gasteiger charge is -2.32. The number of piperidine rings is 1. The second-order valence-corrected chi connectivity index (χ2v) is 8.50. The molecule has 7 nitrogen and oxygen atoms in total. The average molecular weight is 445 g/mol. The van der Waals surface area contributed by atoms with Crippen molar-refractivity contribution in [3.05, 3.63) is 77.1 Å². The Bertz CT molecular complexity index is 1330. The normalized spacial score (nSPS) is 16.2. The smallest absolute Gasteiger partial charge is 0.270 e. The Morgan fingerprint density at radius 1 is 1.18 bits per heavy atom. The summed E-state index contributed by atoms with van der Waals surface area (Å²) in [6.45, 7) is 5.09. The first-order valence-corrected chi connectivity index (χ1v) is 11.1. The molecule has 0 aliphatic carbocycles. The van der Waals surface area contributed by atoms with E-state index in [0.717, 1.165) is 46.4 Å². The van der Waals surface area contributed by atoms with E-state index in [0.29, 0.717) is 24.7 Å². The molecule has 0 bridgehead atoms. The number of aromatic amines is 1. The van der Waals surface area contributed by atoms with Crippen LogP contribution in [0, 0.1) is 19.7 Å². The topological polar surface area (TPSA) is 86.8 Å². The first kappa shape index (κ1) is 21.1. The summed E-state index contributed by atoms with van der Waals surface area (Å²) in [7, 11) is 0. The van der Waals surface area contributed by atoms with E-state index in [4.69, 9.17) is 4.98 Å². The highest BCUT2D eigenvalue weighted by molar-refractivity contribution is 6.01. The number of anilines is 2. The Labute approximate surface area is 191 Å². The maximum atomic E-state index is 13.7. The molecule has 0 saturated carbocycles. The number of hydrogen-bond donors (Lipinski definition) is 2. The standard InChI is InChI=1S/C25H25FN6O/c1-15-5-3-10-27-23(15)31-25-28-11-9-20(30-25)17-6-4-12-32(14-17)24(33)22-16(2)19-13-18(26)7-8-21(19)29-22/h3,5,7-11,13,17,29H,4,6,12,14H2,1-2H3,(H,27,28,30,31)/t17-/m1/s1. The number of aromatic nitrogens is 4. The van der Waals surface area contributed by atoms with E-state index in [9.17, 15) is 9.18 Å². The molecule has 1 amide bonds. The van der Waals surface area contributed by atoms with Gasteiger partial charge in [0.25, 0.3) is 5.91 Å². The van der Waals surface area contributed by atoms with Gasteiger partial charge in [-0.25, -0.2) is 19.3 Å². The molecular weight excluding hydrogens is 419 g/mol. The van der Waals surface area contributed by atoms with Crippen LogP contribution in [0.4, 0.5) is 16.2 Å². The molecule has 1 aromatic carbocycles. The van der Waals surface area contributed by atoms with Gasteiger partial charge in [0.15, 0.2) is 0 Å². The van der Waals surface area contributed by atoms with Crippen LogP contribution >= 0.6 is 0 Å². The molecule has 8 heteroatoms. The first-order chi connectivity index (χ1) is 16.0. The summed E-state index contributed by atoms with van der Waals surface area (Å²) in [5.74, 6) is 0.950. The summed E-state index contributed by atoms with van der Waals surface area (Å²) in [5.41, 5.74) is 3.97. The van der Waals surface area contributed by atoms with Crippen molar-refractivity contribution < 1.29 is 9.18 Å². The quantitative estimate of drug-likeness (QED) is 0.469. The minimum Gasteiger partial charge on any atom is -0.350 e. The van der Waals surface area contributed by atoms with Crippen LogP contribution in [-0.2, 0) is 0 Å². The SMILES string of the molecule is Cc1cccnc1Nc1nccc([C@@H]2CCCN(C(=O)c3[nH]c4ccc(F)cc4c3C)C2)n1. The molecule has 5 rings (SSSR count). The molecule has 3 aromatic heterocycles. The van der Waals surface area contributed by atoms with Crippen molar-refractivity contribution in [3.63, 3.8) is 0 Å². The molecule has 33 heavy (non-hydrogen) atoms. The van der Waals surface area contributed by atoms with Gasteiger partial charge in [-0.3, -0.25) is 4.79 Å². The van der Waals surface area contributed by atoms with E-state index < -0.39 is 0 Å². The van der Waals surface area contributed by atoms with Crippen molar-refractivity contribution in [2.45, 2.75) is 32.6 Å². The number of pyridine rings is 1. The lowest BCUT2D eigenvalue weighted by molar-refractivity contribution is 0.0700. The maximum absolute atomic E-state index is 13.7. The Balaban J connectivity index is 1.35. The summed E-state index contributed by atoms with van der Waals surface area (Å²) >= 11 is 0. The number of likely N-dealkylation sites (tertiary alicyclic amines) is 1. The average Bonchev–Trinajstić information content (AvgIpc) is 3.16. The van der Waals surface area contributed by atoms with E-state index in [1.807, 2.05) is 36.9 Å². The zero-order valence-corrected chi connectivity index (χ0v) is 18.6. The molecule has 1 aliphatic heterocycles. The largest absolute Gasteiger partial charge is 0.350 e. The summed E-state index contributed by atoms with van der Waals surface area (Å²) in [6, 6.07) is 10.3. The number of fused-ring (bicyclic) bond motifs is 1. The molecule has 0 radical (unpaired) electrons. The molecule has 168 valence electrons. The van der Waals surface area contributed by atoms with Crippen LogP contribution in [0.1, 0.15) is 46.1 Å². The second kappa shape index (κ2) is 8.61. The fourth-order valence-electron chi connectivity index (χ4n) is 4.46. The van der Waals surface area contributed by atoms with Gasteiger partial charge in [-0.1, -0.05) is 6.07 Å². The van der Waals surface area contributed by atoms with Gasteiger partial charge < -0.3 is 15.2 Å². The van der Waals surface area contributed by atoms with E-state index in [1.54, 1.807) is 18.5 Å². The van der Waals surface area contributed by atoms with Crippen LogP contribution in [-0.4, -0.2) is 43.8 Å². The van der Waals surface area contributed by atoms with Crippen LogP contribution in [0.25, 0.3) is 10.9 Å². The molecule has 2 N–H and O–H groups in total. The molecule has 4 heterocycles. The van der Waals surface area contributed by atoms with E-state index in [1.165, 1.54) is 12.1 Å². The Morgan fingerprint density at radius 3 is 2.91 bits per heavy atom. The highest BCUT2D eigenvalue weighted by atomic mass is 19.1. The number of benzene rings is 1. The number of hydrogen-bond acceptors (Lipinski definition) is 5. The Hall–Kier alpha value is -3.81. The van der Waals surface area contributed by atoms with Crippen molar-refractivity contribution in [3.8, 4) is 0 Å². The summed E-state index contributed by atoms with van der Waals surface area (Å²) in [5, 5.41) is 3.93. The highest BCUT2D eigenvalue weighted by Crippen LogP contribution is 2.29. The van der Waals surface area contributed by atoms with Crippen molar-refractivity contribution in [1.82, 2.24) is 24.8 Å².